The number of nitrogens with zero attached hydrogens (tertiary/aromatic N) is 7. The first-order valence-electron chi connectivity index (χ1n) is 11.9. The molecule has 35 heavy (non-hydrogen) atoms. The number of ether oxygens (including phenoxy) is 1. The number of anilines is 1. The first-order chi connectivity index (χ1) is 16.7. The van der Waals surface area contributed by atoms with Crippen LogP contribution >= 0.6 is 11.6 Å². The molecule has 0 saturated carbocycles. The van der Waals surface area contributed by atoms with Crippen LogP contribution in [0, 0.1) is 12.8 Å². The molecule has 0 spiro atoms. The third-order valence-electron chi connectivity index (χ3n) is 6.09. The summed E-state index contributed by atoms with van der Waals surface area (Å²) in [5, 5.41) is 13.1. The van der Waals surface area contributed by atoms with Crippen molar-refractivity contribution in [2.75, 3.05) is 18.1 Å². The van der Waals surface area contributed by atoms with Crippen molar-refractivity contribution in [1.82, 2.24) is 29.9 Å². The maximum atomic E-state index is 13.6. The maximum Gasteiger partial charge on any atom is 0.233 e. The Bertz CT molecular complexity index is 1160. The Hall–Kier alpha value is -2.69. The van der Waals surface area contributed by atoms with Gasteiger partial charge >= 0.3 is 0 Å². The van der Waals surface area contributed by atoms with E-state index in [-0.39, 0.29) is 18.6 Å². The van der Waals surface area contributed by atoms with Gasteiger partial charge in [0.05, 0.1) is 12.4 Å². The van der Waals surface area contributed by atoms with Gasteiger partial charge in [-0.05, 0) is 43.4 Å². The highest BCUT2D eigenvalue weighted by Gasteiger charge is 2.33. The topological polar surface area (TPSA) is 98.9 Å². The molecule has 0 N–H and O–H groups in total. The Morgan fingerprint density at radius 3 is 2.69 bits per heavy atom. The summed E-state index contributed by atoms with van der Waals surface area (Å²) in [4.78, 5) is 24.3. The number of halogens is 1. The molecule has 187 valence electrons. The third kappa shape index (κ3) is 6.50. The molecule has 1 fully saturated rings. The molecule has 0 bridgehead atoms. The van der Waals surface area contributed by atoms with Gasteiger partial charge in [-0.25, -0.2) is 9.67 Å². The molecular weight excluding hydrogens is 482 g/mol. The number of amides is 1. The number of piperidine rings is 1. The predicted molar refractivity (Wildman–Crippen MR) is 138 cm³/mol. The third-order valence-corrected chi connectivity index (χ3v) is 8.02. The number of pyridine rings is 1. The smallest absolute Gasteiger partial charge is 0.233 e. The quantitative estimate of drug-likeness (QED) is 0.237. The number of hydrogen-bond donors (Lipinski definition) is 0. The molecule has 1 unspecified atom stereocenters. The van der Waals surface area contributed by atoms with E-state index in [0.29, 0.717) is 36.5 Å². The molecule has 1 saturated heterocycles. The highest BCUT2D eigenvalue weighted by molar-refractivity contribution is 6.76. The molecule has 0 aromatic carbocycles. The molecule has 1 amide bonds. The molecule has 0 radical (unpaired) electrons. The van der Waals surface area contributed by atoms with Crippen molar-refractivity contribution < 1.29 is 9.53 Å². The van der Waals surface area contributed by atoms with Gasteiger partial charge in [0.15, 0.2) is 5.82 Å². The highest BCUT2D eigenvalue weighted by atomic mass is 35.5. The van der Waals surface area contributed by atoms with Crippen LogP contribution in [-0.4, -0.2) is 57.1 Å². The second-order valence-electron chi connectivity index (χ2n) is 10.2. The summed E-state index contributed by atoms with van der Waals surface area (Å²) in [7, 11) is -1.22. The summed E-state index contributed by atoms with van der Waals surface area (Å²) < 4.78 is 7.68. The fourth-order valence-electron chi connectivity index (χ4n) is 4.03. The molecular formula is C24H32ClN7O2Si-. The van der Waals surface area contributed by atoms with Crippen LogP contribution in [0.4, 0.5) is 5.95 Å². The van der Waals surface area contributed by atoms with Crippen LogP contribution < -0.4 is 4.90 Å². The summed E-state index contributed by atoms with van der Waals surface area (Å²) >= 11 is 5.92. The standard InChI is InChI=1S/C24H32ClN7O2Si/c1-17-13-27-28-15-20(17)22-29-24(32(30-22)16-34-10-11-35(2,3)4)31-9-5-6-19(23(31)33)12-18-7-8-21(25)26-14-18/h7-8,13-15,19H,5-6,9-12,16H2,1-4H3/q-1. The Kier molecular flexibility index (Phi) is 7.93. The van der Waals surface area contributed by atoms with Crippen LogP contribution in [0.3, 0.4) is 0 Å². The van der Waals surface area contributed by atoms with Crippen LogP contribution in [0.15, 0.2) is 30.7 Å². The van der Waals surface area contributed by atoms with Crippen molar-refractivity contribution in [1.29, 1.82) is 0 Å². The van der Waals surface area contributed by atoms with Crippen molar-refractivity contribution in [3.63, 3.8) is 0 Å². The Balaban J connectivity index is 1.58. The minimum atomic E-state index is -1.22. The lowest BCUT2D eigenvalue weighted by Gasteiger charge is -2.31. The second-order valence-corrected chi connectivity index (χ2v) is 16.2. The average molecular weight is 514 g/mol. The van der Waals surface area contributed by atoms with Crippen LogP contribution in [0.2, 0.25) is 30.8 Å². The van der Waals surface area contributed by atoms with Crippen LogP contribution in [0.5, 0.6) is 0 Å². The molecule has 1 aliphatic rings. The second kappa shape index (κ2) is 10.9. The van der Waals surface area contributed by atoms with E-state index in [1.54, 1.807) is 34.2 Å². The summed E-state index contributed by atoms with van der Waals surface area (Å²) in [5.74, 6) is 0.904. The first kappa shape index (κ1) is 25.4. The number of hydrogen-bond acceptors (Lipinski definition) is 7. The van der Waals surface area contributed by atoms with Crippen molar-refractivity contribution in [3.8, 4) is 11.4 Å². The number of aromatic nitrogens is 6. The highest BCUT2D eigenvalue weighted by Crippen LogP contribution is 2.28. The SMILES string of the molecule is Cc1cnncc1-c1nc(N2CCCC(Cc3ccc(Cl)nc3)C2=O)n(COCC[Si-](C)(C)C)n1. The zero-order chi connectivity index (χ0) is 25.0. The summed E-state index contributed by atoms with van der Waals surface area (Å²) in [6.45, 7) is 10.4. The van der Waals surface area contributed by atoms with Crippen molar-refractivity contribution in [2.24, 2.45) is 5.92 Å². The van der Waals surface area contributed by atoms with Gasteiger partial charge in [-0.3, -0.25) is 9.69 Å². The number of rotatable bonds is 9. The van der Waals surface area contributed by atoms with E-state index in [4.69, 9.17) is 26.4 Å². The fraction of sp³-hybridized carbons (Fsp3) is 0.500. The largest absolute Gasteiger partial charge is 0.362 e. The van der Waals surface area contributed by atoms with Crippen molar-refractivity contribution >= 4 is 31.5 Å². The summed E-state index contributed by atoms with van der Waals surface area (Å²) in [5.41, 5.74) is 2.70. The Morgan fingerprint density at radius 2 is 1.97 bits per heavy atom. The minimum absolute atomic E-state index is 0.0399. The van der Waals surface area contributed by atoms with E-state index in [2.05, 4.69) is 34.8 Å². The van der Waals surface area contributed by atoms with E-state index in [1.165, 1.54) is 0 Å². The van der Waals surface area contributed by atoms with Gasteiger partial charge in [-0.1, -0.05) is 17.7 Å². The first-order valence-corrected chi connectivity index (χ1v) is 16.0. The molecule has 0 aliphatic carbocycles. The predicted octanol–water partition coefficient (Wildman–Crippen LogP) is 4.39. The van der Waals surface area contributed by atoms with Gasteiger partial charge < -0.3 is 4.74 Å². The lowest BCUT2D eigenvalue weighted by atomic mass is 9.91. The lowest BCUT2D eigenvalue weighted by Crippen LogP contribution is -2.43. The van der Waals surface area contributed by atoms with Gasteiger partial charge in [-0.15, -0.1) is 19.2 Å². The van der Waals surface area contributed by atoms with Gasteiger partial charge in [0.25, 0.3) is 0 Å². The molecule has 11 heteroatoms. The number of carbonyl (C=O) groups excluding carboxylic acids is 1. The average Bonchev–Trinajstić information content (AvgIpc) is 3.23. The van der Waals surface area contributed by atoms with Crippen LogP contribution in [0.1, 0.15) is 24.0 Å². The monoisotopic (exact) mass is 513 g/mol. The molecule has 1 aliphatic heterocycles. The molecule has 4 rings (SSSR count). The molecule has 1 atom stereocenters. The molecule has 3 aromatic rings. The molecule has 9 nitrogen and oxygen atoms in total. The van der Waals surface area contributed by atoms with Crippen molar-refractivity contribution in [2.45, 2.75) is 58.6 Å². The van der Waals surface area contributed by atoms with E-state index >= 15 is 0 Å². The lowest BCUT2D eigenvalue weighted by molar-refractivity contribution is -0.123. The summed E-state index contributed by atoms with van der Waals surface area (Å²) in [6.07, 6.45) is 7.38. The van der Waals surface area contributed by atoms with Gasteiger partial charge in [0, 0.05) is 30.8 Å². The summed E-state index contributed by atoms with van der Waals surface area (Å²) in [6, 6.07) is 4.73. The molecule has 4 heterocycles. The van der Waals surface area contributed by atoms with E-state index in [9.17, 15) is 4.79 Å². The van der Waals surface area contributed by atoms with Crippen LogP contribution in [0.25, 0.3) is 11.4 Å². The van der Waals surface area contributed by atoms with Crippen LogP contribution in [-0.2, 0) is 22.7 Å². The molecule has 3 aromatic heterocycles. The minimum Gasteiger partial charge on any atom is -0.362 e. The maximum absolute atomic E-state index is 13.6. The van der Waals surface area contributed by atoms with Crippen molar-refractivity contribution in [3.05, 3.63) is 47.0 Å². The van der Waals surface area contributed by atoms with E-state index in [0.717, 1.165) is 35.6 Å². The number of aryl methyl sites for hydroxylation is 1. The van der Waals surface area contributed by atoms with Gasteiger partial charge in [-0.2, -0.15) is 34.8 Å². The zero-order valence-electron chi connectivity index (χ0n) is 20.7. The normalized spacial score (nSPS) is 16.7. The zero-order valence-corrected chi connectivity index (χ0v) is 22.5. The van der Waals surface area contributed by atoms with Gasteiger partial charge in [0.1, 0.15) is 11.9 Å². The number of carbonyl (C=O) groups is 1. The van der Waals surface area contributed by atoms with Gasteiger partial charge in [0.2, 0.25) is 11.9 Å². The fourth-order valence-corrected chi connectivity index (χ4v) is 4.90. The Morgan fingerprint density at radius 1 is 1.17 bits per heavy atom. The van der Waals surface area contributed by atoms with E-state index in [1.807, 2.05) is 13.0 Å². The Labute approximate surface area is 211 Å². The van der Waals surface area contributed by atoms with E-state index < -0.39 is 8.07 Å².